The highest BCUT2D eigenvalue weighted by Crippen LogP contribution is 2.22. The summed E-state index contributed by atoms with van der Waals surface area (Å²) < 4.78 is 7.03. The van der Waals surface area contributed by atoms with Gasteiger partial charge in [-0.15, -0.1) is 0 Å². The molecule has 0 aliphatic heterocycles. The Morgan fingerprint density at radius 2 is 2.29 bits per heavy atom. The molecule has 6 nitrogen and oxygen atoms in total. The number of aromatic nitrogens is 4. The number of aryl methyl sites for hydroxylation is 1. The van der Waals surface area contributed by atoms with Crippen molar-refractivity contribution in [2.75, 3.05) is 0 Å². The molecule has 0 aromatic carbocycles. The average molecular weight is 235 g/mol. The highest BCUT2D eigenvalue weighted by molar-refractivity contribution is 5.42. The first-order valence-electron chi connectivity index (χ1n) is 5.70. The topological polar surface area (TPSA) is 82.8 Å². The number of hydrogen-bond donors (Lipinski definition) is 1. The summed E-state index contributed by atoms with van der Waals surface area (Å²) in [6, 6.07) is -0.221. The summed E-state index contributed by atoms with van der Waals surface area (Å²) in [6.45, 7) is 4.15. The van der Waals surface area contributed by atoms with Gasteiger partial charge in [-0.2, -0.15) is 4.98 Å². The number of nitrogens with two attached hydrogens (primary N) is 1. The van der Waals surface area contributed by atoms with E-state index in [1.54, 1.807) is 6.20 Å². The normalized spacial score (nSPS) is 14.8. The first-order valence-corrected chi connectivity index (χ1v) is 5.70. The van der Waals surface area contributed by atoms with Gasteiger partial charge in [0.05, 0.1) is 6.04 Å². The monoisotopic (exact) mass is 235 g/mol. The van der Waals surface area contributed by atoms with Crippen LogP contribution in [0.5, 0.6) is 0 Å². The summed E-state index contributed by atoms with van der Waals surface area (Å²) in [5, 5.41) is 3.91. The fourth-order valence-corrected chi connectivity index (χ4v) is 1.54. The Morgan fingerprint density at radius 3 is 2.88 bits per heavy atom. The van der Waals surface area contributed by atoms with Gasteiger partial charge >= 0.3 is 0 Å². The van der Waals surface area contributed by atoms with Gasteiger partial charge in [0, 0.05) is 19.4 Å². The molecule has 0 aliphatic rings. The third-order valence-electron chi connectivity index (χ3n) is 3.01. The van der Waals surface area contributed by atoms with Gasteiger partial charge in [0.2, 0.25) is 11.7 Å². The molecule has 0 fully saturated rings. The smallest absolute Gasteiger partial charge is 0.244 e. The minimum Gasteiger partial charge on any atom is -0.337 e. The molecule has 0 radical (unpaired) electrons. The molecule has 0 bridgehead atoms. The number of rotatable bonds is 4. The largest absolute Gasteiger partial charge is 0.337 e. The summed E-state index contributed by atoms with van der Waals surface area (Å²) in [5.41, 5.74) is 6.03. The summed E-state index contributed by atoms with van der Waals surface area (Å²) in [7, 11) is 1.88. The van der Waals surface area contributed by atoms with Crippen LogP contribution in [-0.2, 0) is 7.05 Å². The molecule has 2 rings (SSSR count). The maximum atomic E-state index is 6.03. The van der Waals surface area contributed by atoms with Crippen LogP contribution in [0.15, 0.2) is 16.9 Å². The standard InChI is InChI=1S/C11H17N5O/c1-4-7(2)8(12)11-14-9(15-17-11)10-13-5-6-16(10)3/h5-8H,4,12H2,1-3H3/t7?,8-/m0/s1. The Balaban J connectivity index is 2.25. The second-order valence-corrected chi connectivity index (χ2v) is 4.23. The van der Waals surface area contributed by atoms with Crippen LogP contribution in [0, 0.1) is 5.92 Å². The molecule has 2 N–H and O–H groups in total. The van der Waals surface area contributed by atoms with Crippen LogP contribution in [0.2, 0.25) is 0 Å². The zero-order valence-corrected chi connectivity index (χ0v) is 10.3. The molecule has 2 heterocycles. The van der Waals surface area contributed by atoms with E-state index in [0.717, 1.165) is 6.42 Å². The van der Waals surface area contributed by atoms with Crippen molar-refractivity contribution in [3.8, 4) is 11.6 Å². The fraction of sp³-hybridized carbons (Fsp3) is 0.545. The molecule has 17 heavy (non-hydrogen) atoms. The maximum Gasteiger partial charge on any atom is 0.244 e. The molecule has 6 heteroatoms. The summed E-state index contributed by atoms with van der Waals surface area (Å²) in [4.78, 5) is 8.46. The predicted molar refractivity (Wildman–Crippen MR) is 62.9 cm³/mol. The van der Waals surface area contributed by atoms with Crippen molar-refractivity contribution in [1.29, 1.82) is 0 Å². The van der Waals surface area contributed by atoms with Crippen molar-refractivity contribution in [2.24, 2.45) is 18.7 Å². The van der Waals surface area contributed by atoms with Crippen molar-refractivity contribution in [3.63, 3.8) is 0 Å². The van der Waals surface area contributed by atoms with Crippen molar-refractivity contribution >= 4 is 0 Å². The van der Waals surface area contributed by atoms with Gasteiger partial charge in [0.1, 0.15) is 0 Å². The lowest BCUT2D eigenvalue weighted by Gasteiger charge is -2.12. The molecule has 2 aromatic heterocycles. The van der Waals surface area contributed by atoms with E-state index >= 15 is 0 Å². The van der Waals surface area contributed by atoms with Crippen LogP contribution in [0.25, 0.3) is 11.6 Å². The summed E-state index contributed by atoms with van der Waals surface area (Å²) in [5.74, 6) is 1.93. The number of hydrogen-bond acceptors (Lipinski definition) is 5. The minimum atomic E-state index is -0.221. The van der Waals surface area contributed by atoms with Crippen molar-refractivity contribution in [2.45, 2.75) is 26.3 Å². The van der Waals surface area contributed by atoms with Gasteiger partial charge in [-0.25, -0.2) is 4.98 Å². The Morgan fingerprint density at radius 1 is 1.53 bits per heavy atom. The van der Waals surface area contributed by atoms with E-state index in [0.29, 0.717) is 23.5 Å². The van der Waals surface area contributed by atoms with Crippen molar-refractivity contribution < 1.29 is 4.52 Å². The third kappa shape index (κ3) is 2.21. The van der Waals surface area contributed by atoms with Crippen LogP contribution < -0.4 is 5.73 Å². The molecular formula is C11H17N5O. The molecule has 0 spiro atoms. The third-order valence-corrected chi connectivity index (χ3v) is 3.01. The summed E-state index contributed by atoms with van der Waals surface area (Å²) in [6.07, 6.45) is 4.50. The lowest BCUT2D eigenvalue weighted by molar-refractivity contribution is 0.312. The molecule has 0 saturated heterocycles. The Labute approximate surface area is 99.8 Å². The van der Waals surface area contributed by atoms with E-state index in [4.69, 9.17) is 10.3 Å². The Hall–Kier alpha value is -1.69. The van der Waals surface area contributed by atoms with E-state index < -0.39 is 0 Å². The number of nitrogens with zero attached hydrogens (tertiary/aromatic N) is 4. The maximum absolute atomic E-state index is 6.03. The Kier molecular flexibility index (Phi) is 3.23. The second kappa shape index (κ2) is 4.67. The van der Waals surface area contributed by atoms with Gasteiger partial charge < -0.3 is 14.8 Å². The van der Waals surface area contributed by atoms with E-state index in [1.807, 2.05) is 17.8 Å². The highest BCUT2D eigenvalue weighted by atomic mass is 16.5. The zero-order valence-electron chi connectivity index (χ0n) is 10.3. The average Bonchev–Trinajstić information content (AvgIpc) is 2.95. The quantitative estimate of drug-likeness (QED) is 0.868. The SMILES string of the molecule is CCC(C)[C@H](N)c1nc(-c2nccn2C)no1. The fourth-order valence-electron chi connectivity index (χ4n) is 1.54. The molecule has 0 saturated carbocycles. The molecular weight excluding hydrogens is 218 g/mol. The lowest BCUT2D eigenvalue weighted by atomic mass is 10.0. The van der Waals surface area contributed by atoms with Crippen LogP contribution in [0.3, 0.4) is 0 Å². The first-order chi connectivity index (χ1) is 8.13. The van der Waals surface area contributed by atoms with Crippen LogP contribution in [-0.4, -0.2) is 19.7 Å². The second-order valence-electron chi connectivity index (χ2n) is 4.23. The van der Waals surface area contributed by atoms with Crippen molar-refractivity contribution in [3.05, 3.63) is 18.3 Å². The molecule has 2 aromatic rings. The summed E-state index contributed by atoms with van der Waals surface area (Å²) >= 11 is 0. The highest BCUT2D eigenvalue weighted by Gasteiger charge is 2.21. The molecule has 2 atom stereocenters. The molecule has 0 amide bonds. The van der Waals surface area contributed by atoms with Crippen LogP contribution in [0.4, 0.5) is 0 Å². The van der Waals surface area contributed by atoms with Gasteiger partial charge in [-0.05, 0) is 5.92 Å². The van der Waals surface area contributed by atoms with Gasteiger partial charge in [-0.1, -0.05) is 25.4 Å². The van der Waals surface area contributed by atoms with Gasteiger partial charge in [0.25, 0.3) is 0 Å². The molecule has 92 valence electrons. The van der Waals surface area contributed by atoms with Crippen molar-refractivity contribution in [1.82, 2.24) is 19.7 Å². The number of imidazole rings is 1. The van der Waals surface area contributed by atoms with E-state index in [2.05, 4.69) is 29.0 Å². The molecule has 0 aliphatic carbocycles. The first kappa shape index (κ1) is 11.8. The zero-order chi connectivity index (χ0) is 12.4. The van der Waals surface area contributed by atoms with E-state index in [1.165, 1.54) is 0 Å². The van der Waals surface area contributed by atoms with Gasteiger partial charge in [-0.3, -0.25) is 0 Å². The minimum absolute atomic E-state index is 0.221. The van der Waals surface area contributed by atoms with Gasteiger partial charge in [0.15, 0.2) is 5.82 Å². The predicted octanol–water partition coefficient (Wildman–Crippen LogP) is 1.52. The Bertz CT molecular complexity index is 490. The van der Waals surface area contributed by atoms with Crippen LogP contribution >= 0.6 is 0 Å². The van der Waals surface area contributed by atoms with E-state index in [9.17, 15) is 0 Å². The molecule has 1 unspecified atom stereocenters. The lowest BCUT2D eigenvalue weighted by Crippen LogP contribution is -2.18. The van der Waals surface area contributed by atoms with E-state index in [-0.39, 0.29) is 6.04 Å². The van der Waals surface area contributed by atoms with Crippen LogP contribution in [0.1, 0.15) is 32.2 Å².